The molecule has 88 valence electrons. The Hall–Kier alpha value is -1.07. The number of rotatable bonds is 5. The van der Waals surface area contributed by atoms with Gasteiger partial charge in [0.1, 0.15) is 5.75 Å². The molecule has 0 saturated carbocycles. The highest BCUT2D eigenvalue weighted by Crippen LogP contribution is 2.27. The van der Waals surface area contributed by atoms with Crippen molar-refractivity contribution in [1.82, 2.24) is 0 Å². The van der Waals surface area contributed by atoms with Crippen molar-refractivity contribution < 1.29 is 9.53 Å². The molecule has 4 nitrogen and oxygen atoms in total. The summed E-state index contributed by atoms with van der Waals surface area (Å²) < 4.78 is 6.04. The van der Waals surface area contributed by atoms with Crippen LogP contribution in [0.3, 0.4) is 0 Å². The van der Waals surface area contributed by atoms with E-state index < -0.39 is 0 Å². The SMILES string of the molecule is COc1ccc(Br)cc1NC(=O)CCCN. The average Bonchev–Trinajstić information content (AvgIpc) is 2.27. The Kier molecular flexibility index (Phi) is 5.28. The first-order valence-electron chi connectivity index (χ1n) is 5.01. The summed E-state index contributed by atoms with van der Waals surface area (Å²) in [6.45, 7) is 0.517. The van der Waals surface area contributed by atoms with Crippen molar-refractivity contribution in [2.24, 2.45) is 5.73 Å². The van der Waals surface area contributed by atoms with Crippen LogP contribution in [0.25, 0.3) is 0 Å². The van der Waals surface area contributed by atoms with E-state index in [1.165, 1.54) is 0 Å². The fourth-order valence-electron chi connectivity index (χ4n) is 1.25. The maximum Gasteiger partial charge on any atom is 0.224 e. The molecule has 0 spiro atoms. The normalized spacial score (nSPS) is 9.94. The largest absolute Gasteiger partial charge is 0.495 e. The van der Waals surface area contributed by atoms with Gasteiger partial charge in [-0.05, 0) is 31.2 Å². The summed E-state index contributed by atoms with van der Waals surface area (Å²) in [7, 11) is 1.57. The van der Waals surface area contributed by atoms with Gasteiger partial charge in [0.15, 0.2) is 0 Å². The van der Waals surface area contributed by atoms with Crippen LogP contribution in [0.1, 0.15) is 12.8 Å². The number of nitrogens with two attached hydrogens (primary N) is 1. The molecule has 5 heteroatoms. The van der Waals surface area contributed by atoms with Crippen LogP contribution in [0.4, 0.5) is 5.69 Å². The van der Waals surface area contributed by atoms with Gasteiger partial charge < -0.3 is 15.8 Å². The molecule has 0 aliphatic heterocycles. The van der Waals surface area contributed by atoms with Crippen LogP contribution in [-0.4, -0.2) is 19.6 Å². The molecule has 0 aliphatic carbocycles. The second-order valence-electron chi connectivity index (χ2n) is 3.29. The summed E-state index contributed by atoms with van der Waals surface area (Å²) >= 11 is 3.34. The monoisotopic (exact) mass is 286 g/mol. The van der Waals surface area contributed by atoms with E-state index in [1.807, 2.05) is 6.07 Å². The molecule has 0 aromatic heterocycles. The highest BCUT2D eigenvalue weighted by molar-refractivity contribution is 9.10. The van der Waals surface area contributed by atoms with Gasteiger partial charge in [-0.3, -0.25) is 4.79 Å². The van der Waals surface area contributed by atoms with Crippen LogP contribution < -0.4 is 15.8 Å². The zero-order valence-electron chi connectivity index (χ0n) is 9.13. The van der Waals surface area contributed by atoms with Gasteiger partial charge in [-0.15, -0.1) is 0 Å². The first-order chi connectivity index (χ1) is 7.67. The number of amides is 1. The Morgan fingerprint density at radius 3 is 2.94 bits per heavy atom. The molecule has 0 unspecified atom stereocenters. The number of hydrogen-bond donors (Lipinski definition) is 2. The molecule has 16 heavy (non-hydrogen) atoms. The summed E-state index contributed by atoms with van der Waals surface area (Å²) in [5.41, 5.74) is 6.00. The maximum absolute atomic E-state index is 11.5. The number of anilines is 1. The molecule has 1 aromatic rings. The second-order valence-corrected chi connectivity index (χ2v) is 4.20. The maximum atomic E-state index is 11.5. The minimum Gasteiger partial charge on any atom is -0.495 e. The van der Waals surface area contributed by atoms with Crippen LogP contribution >= 0.6 is 15.9 Å². The van der Waals surface area contributed by atoms with E-state index in [-0.39, 0.29) is 5.91 Å². The quantitative estimate of drug-likeness (QED) is 0.872. The number of ether oxygens (including phenoxy) is 1. The number of carbonyl (C=O) groups is 1. The standard InChI is InChI=1S/C11H15BrN2O2/c1-16-10-5-4-8(12)7-9(10)14-11(15)3-2-6-13/h4-5,7H,2-3,6,13H2,1H3,(H,14,15). The Morgan fingerprint density at radius 1 is 1.56 bits per heavy atom. The molecule has 0 bridgehead atoms. The van der Waals surface area contributed by atoms with Crippen molar-refractivity contribution in [1.29, 1.82) is 0 Å². The lowest BCUT2D eigenvalue weighted by atomic mass is 10.2. The van der Waals surface area contributed by atoms with Crippen LogP contribution in [-0.2, 0) is 4.79 Å². The van der Waals surface area contributed by atoms with Gasteiger partial charge in [-0.2, -0.15) is 0 Å². The lowest BCUT2D eigenvalue weighted by Crippen LogP contribution is -2.14. The Labute approximate surface area is 103 Å². The van der Waals surface area contributed by atoms with E-state index in [0.717, 1.165) is 4.47 Å². The first kappa shape index (κ1) is 13.0. The molecular weight excluding hydrogens is 272 g/mol. The molecule has 1 aromatic carbocycles. The summed E-state index contributed by atoms with van der Waals surface area (Å²) in [5, 5.41) is 2.79. The van der Waals surface area contributed by atoms with Crippen molar-refractivity contribution in [2.75, 3.05) is 19.0 Å². The molecule has 0 fully saturated rings. The van der Waals surface area contributed by atoms with E-state index in [1.54, 1.807) is 19.2 Å². The van der Waals surface area contributed by atoms with Gasteiger partial charge >= 0.3 is 0 Å². The molecule has 0 radical (unpaired) electrons. The summed E-state index contributed by atoms with van der Waals surface area (Å²) in [4.78, 5) is 11.5. The van der Waals surface area contributed by atoms with Crippen LogP contribution in [0.5, 0.6) is 5.75 Å². The zero-order chi connectivity index (χ0) is 12.0. The minimum absolute atomic E-state index is 0.0538. The third-order valence-electron chi connectivity index (χ3n) is 2.04. The van der Waals surface area contributed by atoms with Gasteiger partial charge in [0.05, 0.1) is 12.8 Å². The topological polar surface area (TPSA) is 64.3 Å². The van der Waals surface area contributed by atoms with Crippen LogP contribution in [0.15, 0.2) is 22.7 Å². The Bertz CT molecular complexity index is 369. The van der Waals surface area contributed by atoms with Gasteiger partial charge in [0.2, 0.25) is 5.91 Å². The number of hydrogen-bond acceptors (Lipinski definition) is 3. The van der Waals surface area contributed by atoms with Crippen molar-refractivity contribution in [3.63, 3.8) is 0 Å². The first-order valence-corrected chi connectivity index (χ1v) is 5.80. The third-order valence-corrected chi connectivity index (χ3v) is 2.54. The van der Waals surface area contributed by atoms with Gasteiger partial charge in [0.25, 0.3) is 0 Å². The molecular formula is C11H15BrN2O2. The number of benzene rings is 1. The lowest BCUT2D eigenvalue weighted by molar-refractivity contribution is -0.116. The van der Waals surface area contributed by atoms with Crippen molar-refractivity contribution in [2.45, 2.75) is 12.8 Å². The fourth-order valence-corrected chi connectivity index (χ4v) is 1.61. The molecule has 1 amide bonds. The van der Waals surface area contributed by atoms with Gasteiger partial charge in [-0.1, -0.05) is 15.9 Å². The molecule has 0 atom stereocenters. The van der Waals surface area contributed by atoms with E-state index in [4.69, 9.17) is 10.5 Å². The highest BCUT2D eigenvalue weighted by Gasteiger charge is 2.07. The molecule has 0 aliphatic rings. The van der Waals surface area contributed by atoms with Crippen molar-refractivity contribution in [3.8, 4) is 5.75 Å². The van der Waals surface area contributed by atoms with Crippen molar-refractivity contribution >= 4 is 27.5 Å². The number of halogens is 1. The van der Waals surface area contributed by atoms with Crippen LogP contribution in [0.2, 0.25) is 0 Å². The third kappa shape index (κ3) is 3.83. The molecule has 0 saturated heterocycles. The molecule has 3 N–H and O–H groups in total. The zero-order valence-corrected chi connectivity index (χ0v) is 10.7. The van der Waals surface area contributed by atoms with E-state index in [9.17, 15) is 4.79 Å². The Morgan fingerprint density at radius 2 is 2.31 bits per heavy atom. The van der Waals surface area contributed by atoms with E-state index >= 15 is 0 Å². The van der Waals surface area contributed by atoms with Gasteiger partial charge in [-0.25, -0.2) is 0 Å². The highest BCUT2D eigenvalue weighted by atomic mass is 79.9. The number of methoxy groups -OCH3 is 1. The fraction of sp³-hybridized carbons (Fsp3) is 0.364. The lowest BCUT2D eigenvalue weighted by Gasteiger charge is -2.10. The van der Waals surface area contributed by atoms with Crippen molar-refractivity contribution in [3.05, 3.63) is 22.7 Å². The van der Waals surface area contributed by atoms with E-state index in [0.29, 0.717) is 30.8 Å². The summed E-state index contributed by atoms with van der Waals surface area (Å²) in [5.74, 6) is 0.589. The second kappa shape index (κ2) is 6.50. The summed E-state index contributed by atoms with van der Waals surface area (Å²) in [6.07, 6.45) is 1.11. The predicted molar refractivity (Wildman–Crippen MR) is 67.6 cm³/mol. The molecule has 1 rings (SSSR count). The minimum atomic E-state index is -0.0538. The van der Waals surface area contributed by atoms with Gasteiger partial charge in [0, 0.05) is 10.9 Å². The van der Waals surface area contributed by atoms with E-state index in [2.05, 4.69) is 21.2 Å². The Balaban J connectivity index is 2.71. The summed E-state index contributed by atoms with van der Waals surface area (Å²) in [6, 6.07) is 5.45. The predicted octanol–water partition coefficient (Wildman–Crippen LogP) is 2.14. The van der Waals surface area contributed by atoms with Crippen LogP contribution in [0, 0.1) is 0 Å². The molecule has 0 heterocycles. The average molecular weight is 287 g/mol. The number of nitrogens with one attached hydrogen (secondary N) is 1. The number of carbonyl (C=O) groups excluding carboxylic acids is 1. The smallest absolute Gasteiger partial charge is 0.224 e.